The van der Waals surface area contributed by atoms with Gasteiger partial charge in [-0.1, -0.05) is 0 Å². The van der Waals surface area contributed by atoms with Gasteiger partial charge >= 0.3 is 5.97 Å². The minimum absolute atomic E-state index is 0.107. The van der Waals surface area contributed by atoms with E-state index >= 15 is 0 Å². The number of aromatic nitrogens is 1. The van der Waals surface area contributed by atoms with Gasteiger partial charge in [0.05, 0.1) is 12.1 Å². The maximum atomic E-state index is 10.4. The lowest BCUT2D eigenvalue weighted by atomic mass is 10.3. The Bertz CT molecular complexity index is 358. The molecule has 0 unspecified atom stereocenters. The normalized spacial score (nSPS) is 10.3. The van der Waals surface area contributed by atoms with Crippen molar-refractivity contribution in [2.24, 2.45) is 10.2 Å². The average Bonchev–Trinajstić information content (AvgIpc) is 2.19. The lowest BCUT2D eigenvalue weighted by Gasteiger charge is -1.93. The molecule has 0 atom stereocenters. The Morgan fingerprint density at radius 2 is 2.43 bits per heavy atom. The number of hydrogen-bond acceptors (Lipinski definition) is 5. The van der Waals surface area contributed by atoms with E-state index in [4.69, 9.17) is 10.5 Å². The summed E-state index contributed by atoms with van der Waals surface area (Å²) in [4.78, 5) is 14.2. The highest BCUT2D eigenvalue weighted by Gasteiger charge is 2.01. The van der Waals surface area contributed by atoms with Crippen LogP contribution in [0.15, 0.2) is 28.6 Å². The van der Waals surface area contributed by atoms with Crippen LogP contribution >= 0.6 is 0 Å². The van der Waals surface area contributed by atoms with Crippen molar-refractivity contribution in [1.29, 1.82) is 5.41 Å². The van der Waals surface area contributed by atoms with Gasteiger partial charge in [-0.15, -0.1) is 5.11 Å². The van der Waals surface area contributed by atoms with Crippen LogP contribution in [0.5, 0.6) is 0 Å². The molecule has 0 saturated carbocycles. The first-order valence-electron chi connectivity index (χ1n) is 3.80. The fraction of sp³-hybridized carbons (Fsp3) is 0.125. The fourth-order valence-electron chi connectivity index (χ4n) is 0.726. The van der Waals surface area contributed by atoms with Crippen LogP contribution in [0.25, 0.3) is 0 Å². The molecule has 6 heteroatoms. The minimum atomic E-state index is -1.03. The Balaban J connectivity index is 2.73. The summed E-state index contributed by atoms with van der Waals surface area (Å²) in [6, 6.07) is 2.85. The molecule has 0 aliphatic heterocycles. The number of pyridine rings is 1. The molecule has 1 heterocycles. The van der Waals surface area contributed by atoms with Crippen LogP contribution < -0.4 is 0 Å². The molecule has 0 bridgehead atoms. The summed E-state index contributed by atoms with van der Waals surface area (Å²) in [6.07, 6.45) is 2.32. The van der Waals surface area contributed by atoms with E-state index in [2.05, 4.69) is 15.2 Å². The molecule has 0 aliphatic rings. The predicted octanol–water partition coefficient (Wildman–Crippen LogP) is 1.51. The molecule has 0 fully saturated rings. The standard InChI is InChI=1S/C8H8N4O2/c9-3-4-11-12-7-2-1-6(5-10-7)8(13)14/h1-3,5,9H,4H2,(H,13,14). The molecule has 1 aromatic rings. The predicted molar refractivity (Wildman–Crippen MR) is 49.4 cm³/mol. The van der Waals surface area contributed by atoms with Crippen molar-refractivity contribution in [2.75, 3.05) is 6.54 Å². The maximum absolute atomic E-state index is 10.4. The molecule has 0 amide bonds. The van der Waals surface area contributed by atoms with E-state index in [1.54, 1.807) is 0 Å². The second-order valence-electron chi connectivity index (χ2n) is 2.34. The van der Waals surface area contributed by atoms with E-state index in [-0.39, 0.29) is 12.1 Å². The van der Waals surface area contributed by atoms with Gasteiger partial charge in [0.1, 0.15) is 0 Å². The van der Waals surface area contributed by atoms with Crippen LogP contribution in [0.4, 0.5) is 5.82 Å². The van der Waals surface area contributed by atoms with Crippen molar-refractivity contribution < 1.29 is 9.90 Å². The van der Waals surface area contributed by atoms with Gasteiger partial charge < -0.3 is 10.5 Å². The zero-order valence-electron chi connectivity index (χ0n) is 7.21. The number of hydrogen-bond donors (Lipinski definition) is 2. The summed E-state index contributed by atoms with van der Waals surface area (Å²) >= 11 is 0. The van der Waals surface area contributed by atoms with Gasteiger partial charge in [-0.2, -0.15) is 5.11 Å². The third kappa shape index (κ3) is 2.74. The highest BCUT2D eigenvalue weighted by molar-refractivity contribution is 5.87. The van der Waals surface area contributed by atoms with Crippen LogP contribution in [0, 0.1) is 5.41 Å². The lowest BCUT2D eigenvalue weighted by molar-refractivity contribution is 0.0696. The number of rotatable bonds is 4. The first-order valence-corrected chi connectivity index (χ1v) is 3.80. The van der Waals surface area contributed by atoms with Crippen LogP contribution in [0.1, 0.15) is 10.4 Å². The maximum Gasteiger partial charge on any atom is 0.337 e. The van der Waals surface area contributed by atoms with E-state index in [9.17, 15) is 4.79 Å². The van der Waals surface area contributed by atoms with Crippen LogP contribution in [0.2, 0.25) is 0 Å². The summed E-state index contributed by atoms with van der Waals surface area (Å²) in [5, 5.41) is 22.5. The van der Waals surface area contributed by atoms with E-state index in [0.29, 0.717) is 5.82 Å². The Hall–Kier alpha value is -2.11. The monoisotopic (exact) mass is 192 g/mol. The third-order valence-corrected chi connectivity index (χ3v) is 1.34. The van der Waals surface area contributed by atoms with Crippen LogP contribution in [0.3, 0.4) is 0 Å². The minimum Gasteiger partial charge on any atom is -0.478 e. The van der Waals surface area contributed by atoms with Gasteiger partial charge in [0.25, 0.3) is 0 Å². The summed E-state index contributed by atoms with van der Waals surface area (Å²) < 4.78 is 0. The summed E-state index contributed by atoms with van der Waals surface area (Å²) in [5.74, 6) is -0.697. The van der Waals surface area contributed by atoms with Crippen molar-refractivity contribution in [1.82, 2.24) is 4.98 Å². The number of carboxylic acid groups (broad SMARTS) is 1. The Morgan fingerprint density at radius 3 is 2.93 bits per heavy atom. The molecule has 0 saturated heterocycles. The van der Waals surface area contributed by atoms with E-state index in [1.807, 2.05) is 0 Å². The Kier molecular flexibility index (Phi) is 3.42. The highest BCUT2D eigenvalue weighted by atomic mass is 16.4. The van der Waals surface area contributed by atoms with Crippen molar-refractivity contribution >= 4 is 18.0 Å². The Labute approximate surface area is 79.8 Å². The fourth-order valence-corrected chi connectivity index (χ4v) is 0.726. The quantitative estimate of drug-likeness (QED) is 0.558. The van der Waals surface area contributed by atoms with E-state index < -0.39 is 5.97 Å². The van der Waals surface area contributed by atoms with Crippen molar-refractivity contribution in [3.8, 4) is 0 Å². The molecule has 6 nitrogen and oxygen atoms in total. The molecule has 1 aromatic heterocycles. The Morgan fingerprint density at radius 1 is 1.64 bits per heavy atom. The molecule has 2 N–H and O–H groups in total. The molecule has 0 aliphatic carbocycles. The number of nitrogens with one attached hydrogen (secondary N) is 1. The second kappa shape index (κ2) is 4.80. The van der Waals surface area contributed by atoms with Crippen LogP contribution in [-0.2, 0) is 0 Å². The smallest absolute Gasteiger partial charge is 0.337 e. The third-order valence-electron chi connectivity index (χ3n) is 1.34. The zero-order chi connectivity index (χ0) is 10.4. The second-order valence-corrected chi connectivity index (χ2v) is 2.34. The van der Waals surface area contributed by atoms with Crippen molar-refractivity contribution in [3.05, 3.63) is 23.9 Å². The number of carbonyl (C=O) groups is 1. The summed E-state index contributed by atoms with van der Waals surface area (Å²) in [6.45, 7) is 0.197. The van der Waals surface area contributed by atoms with Crippen LogP contribution in [-0.4, -0.2) is 28.8 Å². The number of carboxylic acids is 1. The first kappa shape index (κ1) is 9.97. The van der Waals surface area contributed by atoms with Gasteiger partial charge in [-0.3, -0.25) is 0 Å². The van der Waals surface area contributed by atoms with Gasteiger partial charge in [-0.25, -0.2) is 9.78 Å². The van der Waals surface area contributed by atoms with Gasteiger partial charge in [0, 0.05) is 12.4 Å². The molecule has 72 valence electrons. The molecule has 1 rings (SSSR count). The first-order chi connectivity index (χ1) is 6.74. The number of aromatic carboxylic acids is 1. The molecule has 0 spiro atoms. The molecule has 0 aromatic carbocycles. The topological polar surface area (TPSA) is 98.8 Å². The largest absolute Gasteiger partial charge is 0.478 e. The molecule has 14 heavy (non-hydrogen) atoms. The molecule has 0 radical (unpaired) electrons. The van der Waals surface area contributed by atoms with E-state index in [0.717, 1.165) is 6.21 Å². The van der Waals surface area contributed by atoms with Gasteiger partial charge in [0.2, 0.25) is 0 Å². The summed E-state index contributed by atoms with van der Waals surface area (Å²) in [5.41, 5.74) is 0.107. The molecular formula is C8H8N4O2. The zero-order valence-corrected chi connectivity index (χ0v) is 7.21. The van der Waals surface area contributed by atoms with Crippen molar-refractivity contribution in [2.45, 2.75) is 0 Å². The SMILES string of the molecule is N=CCN=Nc1ccc(C(=O)O)cn1. The van der Waals surface area contributed by atoms with Gasteiger partial charge in [0.15, 0.2) is 5.82 Å². The molecular weight excluding hydrogens is 184 g/mol. The highest BCUT2D eigenvalue weighted by Crippen LogP contribution is 2.08. The average molecular weight is 192 g/mol. The van der Waals surface area contributed by atoms with Gasteiger partial charge in [-0.05, 0) is 12.1 Å². The summed E-state index contributed by atoms with van der Waals surface area (Å²) in [7, 11) is 0. The van der Waals surface area contributed by atoms with Crippen molar-refractivity contribution in [3.63, 3.8) is 0 Å². The lowest BCUT2D eigenvalue weighted by Crippen LogP contribution is -1.95. The number of azo groups is 1. The van der Waals surface area contributed by atoms with E-state index in [1.165, 1.54) is 18.3 Å². The number of nitrogens with zero attached hydrogens (tertiary/aromatic N) is 3.